The third-order valence-electron chi connectivity index (χ3n) is 5.33. The molecule has 160 valence electrons. The van der Waals surface area contributed by atoms with E-state index in [2.05, 4.69) is 15.1 Å². The Kier molecular flexibility index (Phi) is 6.89. The lowest BCUT2D eigenvalue weighted by Crippen LogP contribution is -2.48. The number of amides is 1. The van der Waals surface area contributed by atoms with Gasteiger partial charge in [0.2, 0.25) is 5.91 Å². The van der Waals surface area contributed by atoms with Gasteiger partial charge in [-0.2, -0.15) is 0 Å². The van der Waals surface area contributed by atoms with Crippen LogP contribution in [0.3, 0.4) is 0 Å². The van der Waals surface area contributed by atoms with E-state index in [1.54, 1.807) is 6.07 Å². The SMILES string of the molecule is CCOc1ccccc1N1CCN(CC(=O)Nc2cc(C)c(C)cc2[N+](=O)[O-])CC1. The predicted octanol–water partition coefficient (Wildman–Crippen LogP) is 3.37. The summed E-state index contributed by atoms with van der Waals surface area (Å²) in [4.78, 5) is 27.7. The summed E-state index contributed by atoms with van der Waals surface area (Å²) in [7, 11) is 0. The van der Waals surface area contributed by atoms with Gasteiger partial charge in [-0.3, -0.25) is 19.8 Å². The largest absolute Gasteiger partial charge is 0.492 e. The predicted molar refractivity (Wildman–Crippen MR) is 117 cm³/mol. The number of nitro groups is 1. The smallest absolute Gasteiger partial charge is 0.293 e. The van der Waals surface area contributed by atoms with Gasteiger partial charge in [0.15, 0.2) is 0 Å². The van der Waals surface area contributed by atoms with Gasteiger partial charge in [0.05, 0.1) is 23.8 Å². The summed E-state index contributed by atoms with van der Waals surface area (Å²) in [5.41, 5.74) is 2.95. The van der Waals surface area contributed by atoms with Crippen LogP contribution >= 0.6 is 0 Å². The molecule has 1 heterocycles. The highest BCUT2D eigenvalue weighted by Gasteiger charge is 2.23. The molecule has 0 aliphatic carbocycles. The monoisotopic (exact) mass is 412 g/mol. The highest BCUT2D eigenvalue weighted by atomic mass is 16.6. The minimum absolute atomic E-state index is 0.0798. The molecule has 0 unspecified atom stereocenters. The average molecular weight is 412 g/mol. The Labute approximate surface area is 176 Å². The van der Waals surface area contributed by atoms with Crippen LogP contribution in [0, 0.1) is 24.0 Å². The number of para-hydroxylation sites is 2. The molecule has 8 heteroatoms. The molecule has 0 radical (unpaired) electrons. The number of benzene rings is 2. The van der Waals surface area contributed by atoms with Crippen LogP contribution in [0.2, 0.25) is 0 Å². The number of carbonyl (C=O) groups is 1. The maximum absolute atomic E-state index is 12.5. The second kappa shape index (κ2) is 9.58. The van der Waals surface area contributed by atoms with Gasteiger partial charge in [-0.15, -0.1) is 0 Å². The van der Waals surface area contributed by atoms with E-state index in [0.29, 0.717) is 6.61 Å². The van der Waals surface area contributed by atoms with E-state index in [-0.39, 0.29) is 23.8 Å². The van der Waals surface area contributed by atoms with Crippen molar-refractivity contribution in [3.05, 3.63) is 57.6 Å². The maximum Gasteiger partial charge on any atom is 0.293 e. The molecule has 1 saturated heterocycles. The Morgan fingerprint density at radius 3 is 2.47 bits per heavy atom. The fourth-order valence-electron chi connectivity index (χ4n) is 3.59. The molecule has 0 aromatic heterocycles. The van der Waals surface area contributed by atoms with Crippen LogP contribution in [0.4, 0.5) is 17.1 Å². The lowest BCUT2D eigenvalue weighted by Gasteiger charge is -2.36. The van der Waals surface area contributed by atoms with Crippen LogP contribution in [-0.4, -0.2) is 55.1 Å². The lowest BCUT2D eigenvalue weighted by atomic mass is 10.1. The average Bonchev–Trinajstić information content (AvgIpc) is 2.71. The first-order valence-corrected chi connectivity index (χ1v) is 10.1. The zero-order chi connectivity index (χ0) is 21.7. The Balaban J connectivity index is 1.59. The summed E-state index contributed by atoms with van der Waals surface area (Å²) in [6.45, 7) is 9.47. The third-order valence-corrected chi connectivity index (χ3v) is 5.33. The van der Waals surface area contributed by atoms with Crippen molar-refractivity contribution in [1.29, 1.82) is 0 Å². The number of carbonyl (C=O) groups excluding carboxylic acids is 1. The van der Waals surface area contributed by atoms with E-state index in [0.717, 1.165) is 48.7 Å². The van der Waals surface area contributed by atoms with Gasteiger partial charge >= 0.3 is 0 Å². The first-order chi connectivity index (χ1) is 14.4. The second-order valence-electron chi connectivity index (χ2n) is 7.42. The fraction of sp³-hybridized carbons (Fsp3) is 0.409. The second-order valence-corrected chi connectivity index (χ2v) is 7.42. The molecule has 0 saturated carbocycles. The molecule has 30 heavy (non-hydrogen) atoms. The topological polar surface area (TPSA) is 88.0 Å². The van der Waals surface area contributed by atoms with Crippen molar-refractivity contribution in [2.45, 2.75) is 20.8 Å². The van der Waals surface area contributed by atoms with Crippen molar-refractivity contribution in [2.24, 2.45) is 0 Å². The van der Waals surface area contributed by atoms with Gasteiger partial charge < -0.3 is 15.0 Å². The Hall–Kier alpha value is -3.13. The molecule has 2 aromatic carbocycles. The van der Waals surface area contributed by atoms with Gasteiger partial charge in [-0.1, -0.05) is 12.1 Å². The molecule has 0 bridgehead atoms. The van der Waals surface area contributed by atoms with Gasteiger partial charge in [0.25, 0.3) is 5.69 Å². The van der Waals surface area contributed by atoms with Crippen LogP contribution in [-0.2, 0) is 4.79 Å². The summed E-state index contributed by atoms with van der Waals surface area (Å²) < 4.78 is 5.72. The van der Waals surface area contributed by atoms with Crippen LogP contribution in [0.1, 0.15) is 18.1 Å². The lowest BCUT2D eigenvalue weighted by molar-refractivity contribution is -0.384. The summed E-state index contributed by atoms with van der Waals surface area (Å²) in [6, 6.07) is 11.1. The quantitative estimate of drug-likeness (QED) is 0.554. The molecule has 1 amide bonds. The number of anilines is 2. The van der Waals surface area contributed by atoms with Crippen LogP contribution in [0.15, 0.2) is 36.4 Å². The number of hydrogen-bond acceptors (Lipinski definition) is 6. The van der Waals surface area contributed by atoms with Crippen LogP contribution in [0.25, 0.3) is 0 Å². The minimum atomic E-state index is -0.462. The molecule has 1 N–H and O–H groups in total. The van der Waals surface area contributed by atoms with E-state index < -0.39 is 4.92 Å². The van der Waals surface area contributed by atoms with E-state index >= 15 is 0 Å². The Bertz CT molecular complexity index is 923. The number of aryl methyl sites for hydroxylation is 2. The summed E-state index contributed by atoms with van der Waals surface area (Å²) >= 11 is 0. The third kappa shape index (κ3) is 5.07. The van der Waals surface area contributed by atoms with Gasteiger partial charge in [0.1, 0.15) is 11.4 Å². The van der Waals surface area contributed by atoms with Crippen molar-refractivity contribution < 1.29 is 14.5 Å². The molecule has 1 aliphatic rings. The van der Waals surface area contributed by atoms with Crippen LogP contribution in [0.5, 0.6) is 5.75 Å². The van der Waals surface area contributed by atoms with Gasteiger partial charge in [-0.05, 0) is 50.1 Å². The van der Waals surface area contributed by atoms with E-state index in [1.807, 2.05) is 45.0 Å². The number of piperazine rings is 1. The Morgan fingerprint density at radius 1 is 1.13 bits per heavy atom. The molecule has 1 fully saturated rings. The summed E-state index contributed by atoms with van der Waals surface area (Å²) in [5.74, 6) is 0.623. The minimum Gasteiger partial charge on any atom is -0.492 e. The zero-order valence-electron chi connectivity index (χ0n) is 17.7. The fourth-order valence-corrected chi connectivity index (χ4v) is 3.59. The van der Waals surface area contributed by atoms with Gasteiger partial charge in [-0.25, -0.2) is 0 Å². The van der Waals surface area contributed by atoms with Crippen molar-refractivity contribution in [3.8, 4) is 5.75 Å². The van der Waals surface area contributed by atoms with Crippen molar-refractivity contribution in [3.63, 3.8) is 0 Å². The number of rotatable bonds is 7. The molecule has 2 aromatic rings. The maximum atomic E-state index is 12.5. The summed E-state index contributed by atoms with van der Waals surface area (Å²) in [5, 5.41) is 14.0. The molecule has 0 atom stereocenters. The summed E-state index contributed by atoms with van der Waals surface area (Å²) in [6.07, 6.45) is 0. The van der Waals surface area contributed by atoms with Crippen LogP contribution < -0.4 is 15.0 Å². The number of nitrogens with one attached hydrogen (secondary N) is 1. The van der Waals surface area contributed by atoms with E-state index in [1.165, 1.54) is 6.07 Å². The highest BCUT2D eigenvalue weighted by Crippen LogP contribution is 2.29. The first kappa shape index (κ1) is 21.6. The van der Waals surface area contributed by atoms with Crippen molar-refractivity contribution in [1.82, 2.24) is 4.90 Å². The Morgan fingerprint density at radius 2 is 1.80 bits per heavy atom. The number of ether oxygens (including phenoxy) is 1. The molecular weight excluding hydrogens is 384 g/mol. The standard InChI is InChI=1S/C22H28N4O4/c1-4-30-21-8-6-5-7-19(21)25-11-9-24(10-12-25)15-22(27)23-18-13-16(2)17(3)14-20(18)26(28)29/h5-8,13-14H,4,9-12,15H2,1-3H3,(H,23,27). The normalized spacial score (nSPS) is 14.4. The number of nitrogens with zero attached hydrogens (tertiary/aromatic N) is 3. The number of hydrogen-bond donors (Lipinski definition) is 1. The molecule has 1 aliphatic heterocycles. The van der Waals surface area contributed by atoms with E-state index in [9.17, 15) is 14.9 Å². The molecule has 3 rings (SSSR count). The zero-order valence-corrected chi connectivity index (χ0v) is 17.7. The molecular formula is C22H28N4O4. The van der Waals surface area contributed by atoms with Crippen molar-refractivity contribution >= 4 is 23.0 Å². The molecule has 0 spiro atoms. The van der Waals surface area contributed by atoms with Gasteiger partial charge in [0, 0.05) is 32.2 Å². The van der Waals surface area contributed by atoms with E-state index in [4.69, 9.17) is 4.74 Å². The molecule has 8 nitrogen and oxygen atoms in total. The van der Waals surface area contributed by atoms with Crippen molar-refractivity contribution in [2.75, 3.05) is 49.5 Å². The highest BCUT2D eigenvalue weighted by molar-refractivity contribution is 5.94. The number of nitro benzene ring substituents is 1. The first-order valence-electron chi connectivity index (χ1n) is 10.1.